The van der Waals surface area contributed by atoms with Crippen molar-refractivity contribution >= 4 is 5.91 Å². The van der Waals surface area contributed by atoms with E-state index >= 15 is 0 Å². The highest BCUT2D eigenvalue weighted by molar-refractivity contribution is 5.78. The molecule has 1 saturated heterocycles. The number of amides is 1. The first-order chi connectivity index (χ1) is 5.69. The number of aliphatic hydroxyl groups excluding tert-OH is 1. The van der Waals surface area contributed by atoms with Crippen molar-refractivity contribution in [2.75, 3.05) is 13.2 Å². The molecule has 3 heteroatoms. The molecular formula is C9H17NO2. The molecule has 1 aliphatic rings. The van der Waals surface area contributed by atoms with Crippen molar-refractivity contribution < 1.29 is 9.90 Å². The van der Waals surface area contributed by atoms with Crippen LogP contribution < -0.4 is 0 Å². The summed E-state index contributed by atoms with van der Waals surface area (Å²) in [6.07, 6.45) is 1.52. The SMILES string of the molecule is CCC(C)N1CC(CO)CC1=O. The molecule has 12 heavy (non-hydrogen) atoms. The number of carbonyl (C=O) groups is 1. The third kappa shape index (κ3) is 1.78. The van der Waals surface area contributed by atoms with Crippen LogP contribution in [0.25, 0.3) is 0 Å². The third-order valence-corrected chi connectivity index (χ3v) is 2.62. The Morgan fingerprint density at radius 3 is 2.83 bits per heavy atom. The van der Waals surface area contributed by atoms with Gasteiger partial charge in [0.25, 0.3) is 0 Å². The molecule has 0 radical (unpaired) electrons. The zero-order valence-electron chi connectivity index (χ0n) is 7.79. The van der Waals surface area contributed by atoms with E-state index in [1.807, 2.05) is 4.90 Å². The molecule has 1 amide bonds. The second-order valence-electron chi connectivity index (χ2n) is 3.56. The average molecular weight is 171 g/mol. The van der Waals surface area contributed by atoms with E-state index in [1.165, 1.54) is 0 Å². The predicted octanol–water partition coefficient (Wildman–Crippen LogP) is 0.626. The van der Waals surface area contributed by atoms with E-state index in [9.17, 15) is 4.79 Å². The number of carbonyl (C=O) groups excluding carboxylic acids is 1. The van der Waals surface area contributed by atoms with Gasteiger partial charge in [0, 0.05) is 31.5 Å². The quantitative estimate of drug-likeness (QED) is 0.676. The lowest BCUT2D eigenvalue weighted by molar-refractivity contribution is -0.129. The molecule has 2 atom stereocenters. The van der Waals surface area contributed by atoms with Crippen LogP contribution >= 0.6 is 0 Å². The number of rotatable bonds is 3. The molecule has 70 valence electrons. The Kier molecular flexibility index (Phi) is 3.09. The largest absolute Gasteiger partial charge is 0.396 e. The van der Waals surface area contributed by atoms with E-state index in [2.05, 4.69) is 13.8 Å². The van der Waals surface area contributed by atoms with E-state index in [4.69, 9.17) is 5.11 Å². The second kappa shape index (κ2) is 3.90. The van der Waals surface area contributed by atoms with Crippen LogP contribution in [0.2, 0.25) is 0 Å². The van der Waals surface area contributed by atoms with Gasteiger partial charge < -0.3 is 10.0 Å². The average Bonchev–Trinajstić information content (AvgIpc) is 2.45. The third-order valence-electron chi connectivity index (χ3n) is 2.62. The van der Waals surface area contributed by atoms with Crippen molar-refractivity contribution in [3.63, 3.8) is 0 Å². The van der Waals surface area contributed by atoms with Crippen molar-refractivity contribution in [2.45, 2.75) is 32.7 Å². The molecule has 0 aliphatic carbocycles. The van der Waals surface area contributed by atoms with Crippen molar-refractivity contribution in [1.29, 1.82) is 0 Å². The first kappa shape index (κ1) is 9.52. The highest BCUT2D eigenvalue weighted by atomic mass is 16.3. The van der Waals surface area contributed by atoms with E-state index in [0.29, 0.717) is 12.5 Å². The van der Waals surface area contributed by atoms with Gasteiger partial charge in [-0.1, -0.05) is 6.92 Å². The molecule has 1 rings (SSSR count). The Balaban J connectivity index is 2.51. The van der Waals surface area contributed by atoms with Crippen molar-refractivity contribution in [3.8, 4) is 0 Å². The van der Waals surface area contributed by atoms with E-state index in [1.54, 1.807) is 0 Å². The molecule has 0 bridgehead atoms. The van der Waals surface area contributed by atoms with Gasteiger partial charge in [0.1, 0.15) is 0 Å². The Morgan fingerprint density at radius 2 is 2.42 bits per heavy atom. The van der Waals surface area contributed by atoms with Crippen LogP contribution in [-0.2, 0) is 4.79 Å². The Bertz CT molecular complexity index is 170. The Morgan fingerprint density at radius 1 is 1.75 bits per heavy atom. The van der Waals surface area contributed by atoms with Crippen molar-refractivity contribution in [1.82, 2.24) is 4.90 Å². The summed E-state index contributed by atoms with van der Waals surface area (Å²) in [4.78, 5) is 13.2. The van der Waals surface area contributed by atoms with Crippen LogP contribution in [-0.4, -0.2) is 35.1 Å². The minimum Gasteiger partial charge on any atom is -0.396 e. The lowest BCUT2D eigenvalue weighted by atomic mass is 10.1. The molecular weight excluding hydrogens is 154 g/mol. The molecule has 1 N–H and O–H groups in total. The van der Waals surface area contributed by atoms with Crippen LogP contribution in [0.15, 0.2) is 0 Å². The molecule has 0 aromatic carbocycles. The lowest BCUT2D eigenvalue weighted by Crippen LogP contribution is -2.34. The summed E-state index contributed by atoms with van der Waals surface area (Å²) in [6, 6.07) is 0.328. The van der Waals surface area contributed by atoms with Crippen LogP contribution in [0.3, 0.4) is 0 Å². The van der Waals surface area contributed by atoms with E-state index < -0.39 is 0 Å². The van der Waals surface area contributed by atoms with Crippen LogP contribution in [0.1, 0.15) is 26.7 Å². The standard InChI is InChI=1S/C9H17NO2/c1-3-7(2)10-5-8(6-11)4-9(10)12/h7-8,11H,3-6H2,1-2H3. The highest BCUT2D eigenvalue weighted by Crippen LogP contribution is 2.20. The fourth-order valence-corrected chi connectivity index (χ4v) is 1.58. The monoisotopic (exact) mass is 171 g/mol. The van der Waals surface area contributed by atoms with Gasteiger partial charge in [-0.15, -0.1) is 0 Å². The van der Waals surface area contributed by atoms with Crippen molar-refractivity contribution in [2.24, 2.45) is 5.92 Å². The summed E-state index contributed by atoms with van der Waals surface area (Å²) in [6.45, 7) is 5.00. The van der Waals surface area contributed by atoms with E-state index in [0.717, 1.165) is 13.0 Å². The maximum Gasteiger partial charge on any atom is 0.223 e. The molecule has 3 nitrogen and oxygen atoms in total. The molecule has 0 spiro atoms. The molecule has 1 heterocycles. The number of aliphatic hydroxyl groups is 1. The van der Waals surface area contributed by atoms with Crippen LogP contribution in [0, 0.1) is 5.92 Å². The van der Waals surface area contributed by atoms with Gasteiger partial charge in [-0.25, -0.2) is 0 Å². The molecule has 2 unspecified atom stereocenters. The highest BCUT2D eigenvalue weighted by Gasteiger charge is 2.31. The molecule has 0 aromatic heterocycles. The Hall–Kier alpha value is -0.570. The first-order valence-corrected chi connectivity index (χ1v) is 4.59. The van der Waals surface area contributed by atoms with Gasteiger partial charge in [-0.2, -0.15) is 0 Å². The van der Waals surface area contributed by atoms with E-state index in [-0.39, 0.29) is 18.4 Å². The first-order valence-electron chi connectivity index (χ1n) is 4.59. The number of likely N-dealkylation sites (tertiary alicyclic amines) is 1. The zero-order valence-corrected chi connectivity index (χ0v) is 7.79. The van der Waals surface area contributed by atoms with Gasteiger partial charge >= 0.3 is 0 Å². The summed E-state index contributed by atoms with van der Waals surface area (Å²) in [5, 5.41) is 8.88. The predicted molar refractivity (Wildman–Crippen MR) is 46.7 cm³/mol. The van der Waals surface area contributed by atoms with Gasteiger partial charge in [0.05, 0.1) is 0 Å². The van der Waals surface area contributed by atoms with Crippen LogP contribution in [0.5, 0.6) is 0 Å². The summed E-state index contributed by atoms with van der Waals surface area (Å²) in [5.41, 5.74) is 0. The second-order valence-corrected chi connectivity index (χ2v) is 3.56. The maximum absolute atomic E-state index is 11.4. The van der Waals surface area contributed by atoms with Gasteiger partial charge in [0.2, 0.25) is 5.91 Å². The number of nitrogens with zero attached hydrogens (tertiary/aromatic N) is 1. The van der Waals surface area contributed by atoms with Gasteiger partial charge in [-0.3, -0.25) is 4.79 Å². The molecule has 1 fully saturated rings. The fraction of sp³-hybridized carbons (Fsp3) is 0.889. The lowest BCUT2D eigenvalue weighted by Gasteiger charge is -2.23. The molecule has 0 aromatic rings. The number of hydrogen-bond acceptors (Lipinski definition) is 2. The fourth-order valence-electron chi connectivity index (χ4n) is 1.58. The minimum absolute atomic E-state index is 0.138. The molecule has 0 saturated carbocycles. The van der Waals surface area contributed by atoms with Crippen LogP contribution in [0.4, 0.5) is 0 Å². The summed E-state index contributed by atoms with van der Waals surface area (Å²) >= 11 is 0. The smallest absolute Gasteiger partial charge is 0.223 e. The maximum atomic E-state index is 11.4. The Labute approximate surface area is 73.4 Å². The zero-order chi connectivity index (χ0) is 9.14. The molecule has 1 aliphatic heterocycles. The summed E-state index contributed by atoms with van der Waals surface area (Å²) < 4.78 is 0. The number of hydrogen-bond donors (Lipinski definition) is 1. The summed E-state index contributed by atoms with van der Waals surface area (Å²) in [5.74, 6) is 0.370. The van der Waals surface area contributed by atoms with Crippen molar-refractivity contribution in [3.05, 3.63) is 0 Å². The van der Waals surface area contributed by atoms with Gasteiger partial charge in [-0.05, 0) is 13.3 Å². The van der Waals surface area contributed by atoms with Gasteiger partial charge in [0.15, 0.2) is 0 Å². The normalized spacial score (nSPS) is 26.4. The topological polar surface area (TPSA) is 40.5 Å². The summed E-state index contributed by atoms with van der Waals surface area (Å²) in [7, 11) is 0. The minimum atomic E-state index is 0.138.